The van der Waals surface area contributed by atoms with E-state index in [2.05, 4.69) is 95.4 Å². The first-order valence-corrected chi connectivity index (χ1v) is 11.0. The molecule has 138 valence electrons. The van der Waals surface area contributed by atoms with Crippen molar-refractivity contribution in [3.8, 4) is 0 Å². The van der Waals surface area contributed by atoms with Gasteiger partial charge in [0.15, 0.2) is 14.7 Å². The highest BCUT2D eigenvalue weighted by atomic mass is 127. The van der Waals surface area contributed by atoms with E-state index in [4.69, 9.17) is 4.74 Å². The lowest BCUT2D eigenvalue weighted by Gasteiger charge is -2.15. The second-order valence-corrected chi connectivity index (χ2v) is 11.3. The van der Waals surface area contributed by atoms with Gasteiger partial charge in [-0.25, -0.2) is 0 Å². The van der Waals surface area contributed by atoms with Crippen molar-refractivity contribution < 1.29 is 9.53 Å². The van der Waals surface area contributed by atoms with E-state index >= 15 is 0 Å². The minimum absolute atomic E-state index is 0.159. The van der Waals surface area contributed by atoms with Crippen LogP contribution >= 0.6 is 22.6 Å². The van der Waals surface area contributed by atoms with Crippen LogP contribution in [0.1, 0.15) is 19.4 Å². The molecule has 0 saturated carbocycles. The maximum atomic E-state index is 12.0. The molecule has 0 spiro atoms. The number of carbonyl (C=O) groups is 1. The van der Waals surface area contributed by atoms with Gasteiger partial charge in [-0.15, -0.1) is 0 Å². The van der Waals surface area contributed by atoms with Gasteiger partial charge in [-0.1, -0.05) is 71.1 Å². The highest BCUT2D eigenvalue weighted by molar-refractivity contribution is 14.1. The standard InChI is InChI=1S/C23H22IO2S/c1-23(2,24)22(25)26-17-18-13-15-21(16-14-18)27(19-9-5-3-6-10-19)20-11-7-4-8-12-20/h3-16H,17H2,1-2H3/q+1. The molecule has 3 rings (SSSR count). The van der Waals surface area contributed by atoms with Crippen molar-refractivity contribution in [2.75, 3.05) is 0 Å². The van der Waals surface area contributed by atoms with Gasteiger partial charge in [0.25, 0.3) is 0 Å². The number of ether oxygens (including phenoxy) is 1. The van der Waals surface area contributed by atoms with E-state index in [-0.39, 0.29) is 16.9 Å². The summed E-state index contributed by atoms with van der Waals surface area (Å²) in [6.45, 7) is 4.00. The summed E-state index contributed by atoms with van der Waals surface area (Å²) in [6.07, 6.45) is 0. The number of alkyl halides is 1. The Morgan fingerprint density at radius 3 is 1.70 bits per heavy atom. The lowest BCUT2D eigenvalue weighted by atomic mass is 10.2. The first-order chi connectivity index (χ1) is 12.9. The first kappa shape index (κ1) is 20.0. The number of esters is 1. The Labute approximate surface area is 177 Å². The molecule has 0 aliphatic heterocycles. The lowest BCUT2D eigenvalue weighted by Crippen LogP contribution is -2.26. The van der Waals surface area contributed by atoms with Crippen LogP contribution in [0.25, 0.3) is 0 Å². The second kappa shape index (κ2) is 8.93. The third kappa shape index (κ3) is 5.36. The van der Waals surface area contributed by atoms with Crippen LogP contribution in [-0.4, -0.2) is 9.39 Å². The lowest BCUT2D eigenvalue weighted by molar-refractivity contribution is -0.146. The molecule has 0 radical (unpaired) electrons. The third-order valence-electron chi connectivity index (χ3n) is 3.97. The van der Waals surface area contributed by atoms with E-state index < -0.39 is 3.42 Å². The summed E-state index contributed by atoms with van der Waals surface area (Å²) in [5.74, 6) is -0.194. The molecule has 0 heterocycles. The van der Waals surface area contributed by atoms with Crippen LogP contribution in [-0.2, 0) is 27.0 Å². The molecule has 2 nitrogen and oxygen atoms in total. The molecule has 27 heavy (non-hydrogen) atoms. The van der Waals surface area contributed by atoms with Gasteiger partial charge < -0.3 is 4.74 Å². The highest BCUT2D eigenvalue weighted by Crippen LogP contribution is 2.31. The molecule has 0 bridgehead atoms. The van der Waals surface area contributed by atoms with Crippen LogP contribution in [0.2, 0.25) is 0 Å². The molecule has 0 aliphatic carbocycles. The molecule has 0 saturated heterocycles. The third-order valence-corrected chi connectivity index (χ3v) is 6.64. The molecule has 0 aromatic heterocycles. The minimum atomic E-state index is -0.509. The van der Waals surface area contributed by atoms with Gasteiger partial charge in [-0.2, -0.15) is 0 Å². The molecule has 0 N–H and O–H groups in total. The maximum absolute atomic E-state index is 12.0. The summed E-state index contributed by atoms with van der Waals surface area (Å²) in [5, 5.41) is 0. The smallest absolute Gasteiger partial charge is 0.321 e. The van der Waals surface area contributed by atoms with Crippen LogP contribution in [0.5, 0.6) is 0 Å². The molecular weight excluding hydrogens is 467 g/mol. The topological polar surface area (TPSA) is 26.3 Å². The zero-order valence-corrected chi connectivity index (χ0v) is 18.4. The van der Waals surface area contributed by atoms with Crippen LogP contribution in [0.15, 0.2) is 99.6 Å². The molecule has 3 aromatic carbocycles. The largest absolute Gasteiger partial charge is 0.460 e. The minimum Gasteiger partial charge on any atom is -0.460 e. The SMILES string of the molecule is CC(C)(I)C(=O)OCc1ccc([S+](c2ccccc2)c2ccccc2)cc1. The van der Waals surface area contributed by atoms with E-state index in [0.717, 1.165) is 5.56 Å². The van der Waals surface area contributed by atoms with Gasteiger partial charge in [-0.3, -0.25) is 4.79 Å². The quantitative estimate of drug-likeness (QED) is 0.183. The molecule has 0 atom stereocenters. The van der Waals surface area contributed by atoms with Crippen LogP contribution in [0, 0.1) is 0 Å². The van der Waals surface area contributed by atoms with Crippen molar-refractivity contribution in [3.63, 3.8) is 0 Å². The van der Waals surface area contributed by atoms with E-state index in [1.54, 1.807) is 0 Å². The molecule has 0 aliphatic rings. The van der Waals surface area contributed by atoms with Crippen LogP contribution < -0.4 is 0 Å². The predicted molar refractivity (Wildman–Crippen MR) is 119 cm³/mol. The van der Waals surface area contributed by atoms with Crippen molar-refractivity contribution in [1.82, 2.24) is 0 Å². The number of benzene rings is 3. The van der Waals surface area contributed by atoms with Crippen molar-refractivity contribution in [2.24, 2.45) is 0 Å². The van der Waals surface area contributed by atoms with E-state index in [1.165, 1.54) is 14.7 Å². The molecule has 0 fully saturated rings. The van der Waals surface area contributed by atoms with E-state index in [1.807, 2.05) is 26.0 Å². The summed E-state index contributed by atoms with van der Waals surface area (Å²) in [6, 6.07) is 29.5. The zero-order chi connectivity index (χ0) is 19.3. The first-order valence-electron chi connectivity index (χ1n) is 8.74. The number of carbonyl (C=O) groups excluding carboxylic acids is 1. The van der Waals surface area contributed by atoms with Gasteiger partial charge in [0.05, 0.1) is 10.9 Å². The number of hydrogen-bond acceptors (Lipinski definition) is 2. The molecular formula is C23H22IO2S+. The molecule has 3 aromatic rings. The summed E-state index contributed by atoms with van der Waals surface area (Å²) in [4.78, 5) is 15.8. The van der Waals surface area contributed by atoms with Gasteiger partial charge in [0, 0.05) is 0 Å². The fraction of sp³-hybridized carbons (Fsp3) is 0.174. The van der Waals surface area contributed by atoms with Gasteiger partial charge in [0.2, 0.25) is 0 Å². The average Bonchev–Trinajstić information content (AvgIpc) is 2.68. The Kier molecular flexibility index (Phi) is 6.60. The van der Waals surface area contributed by atoms with Crippen molar-refractivity contribution in [1.29, 1.82) is 0 Å². The summed E-state index contributed by atoms with van der Waals surface area (Å²) < 4.78 is 4.91. The molecule has 0 amide bonds. The summed E-state index contributed by atoms with van der Waals surface area (Å²) in [7, 11) is -0.159. The number of hydrogen-bond donors (Lipinski definition) is 0. The fourth-order valence-electron chi connectivity index (χ4n) is 2.56. The molecule has 0 unspecified atom stereocenters. The Bertz CT molecular complexity index is 832. The van der Waals surface area contributed by atoms with Crippen LogP contribution in [0.3, 0.4) is 0 Å². The Morgan fingerprint density at radius 2 is 1.26 bits per heavy atom. The van der Waals surface area contributed by atoms with Crippen molar-refractivity contribution in [2.45, 2.75) is 38.6 Å². The van der Waals surface area contributed by atoms with Gasteiger partial charge >= 0.3 is 5.97 Å². The average molecular weight is 489 g/mol. The highest BCUT2D eigenvalue weighted by Gasteiger charge is 2.28. The van der Waals surface area contributed by atoms with E-state index in [0.29, 0.717) is 6.61 Å². The summed E-state index contributed by atoms with van der Waals surface area (Å²) >= 11 is 2.10. The normalized spacial score (nSPS) is 11.4. The number of rotatable bonds is 6. The van der Waals surface area contributed by atoms with Gasteiger partial charge in [-0.05, 0) is 55.8 Å². The van der Waals surface area contributed by atoms with E-state index in [9.17, 15) is 4.79 Å². The number of halogens is 1. The Balaban J connectivity index is 1.83. The maximum Gasteiger partial charge on any atom is 0.321 e. The monoisotopic (exact) mass is 489 g/mol. The Hall–Kier alpha value is -1.79. The van der Waals surface area contributed by atoms with Crippen molar-refractivity contribution >= 4 is 39.5 Å². The van der Waals surface area contributed by atoms with Crippen LogP contribution in [0.4, 0.5) is 0 Å². The summed E-state index contributed by atoms with van der Waals surface area (Å²) in [5.41, 5.74) is 0.998. The van der Waals surface area contributed by atoms with Gasteiger partial charge in [0.1, 0.15) is 10.0 Å². The fourth-order valence-corrected chi connectivity index (χ4v) is 4.80. The second-order valence-electron chi connectivity index (χ2n) is 6.62. The zero-order valence-electron chi connectivity index (χ0n) is 15.4. The Morgan fingerprint density at radius 1 is 0.815 bits per heavy atom. The molecule has 4 heteroatoms. The predicted octanol–water partition coefficient (Wildman–Crippen LogP) is 6.04. The van der Waals surface area contributed by atoms with Crippen molar-refractivity contribution in [3.05, 3.63) is 90.5 Å².